The van der Waals surface area contributed by atoms with Gasteiger partial charge in [-0.25, -0.2) is 9.82 Å². The summed E-state index contributed by atoms with van der Waals surface area (Å²) in [6, 6.07) is 19.6. The maximum Gasteiger partial charge on any atom is 0.271 e. The van der Waals surface area contributed by atoms with Gasteiger partial charge in [-0.2, -0.15) is 5.10 Å². The van der Waals surface area contributed by atoms with Gasteiger partial charge in [0.15, 0.2) is 0 Å². The molecule has 0 aliphatic carbocycles. The molecule has 1 aliphatic rings. The van der Waals surface area contributed by atoms with Crippen LogP contribution in [0.15, 0.2) is 71.8 Å². The third-order valence-corrected chi connectivity index (χ3v) is 4.91. The molecule has 4 rings (SSSR count). The fourth-order valence-corrected chi connectivity index (χ4v) is 3.30. The third-order valence-electron chi connectivity index (χ3n) is 4.66. The van der Waals surface area contributed by atoms with Crippen molar-refractivity contribution in [3.63, 3.8) is 0 Å². The topological polar surface area (TPSA) is 44.7 Å². The molecule has 0 radical (unpaired) electrons. The lowest BCUT2D eigenvalue weighted by Gasteiger charge is -2.17. The van der Waals surface area contributed by atoms with Gasteiger partial charge < -0.3 is 4.90 Å². The molecule has 0 aromatic heterocycles. The Kier molecular flexibility index (Phi) is 5.08. The Hall–Kier alpha value is -3.18. The molecule has 0 saturated carbocycles. The van der Waals surface area contributed by atoms with E-state index in [1.54, 1.807) is 24.3 Å². The summed E-state index contributed by atoms with van der Waals surface area (Å²) in [6.45, 7) is 1.50. The molecular weight excluding hydrogens is 377 g/mol. The number of nitrogens with zero attached hydrogens (tertiary/aromatic N) is 2. The molecule has 28 heavy (non-hydrogen) atoms. The van der Waals surface area contributed by atoms with Crippen LogP contribution in [-0.2, 0) is 13.1 Å². The van der Waals surface area contributed by atoms with Crippen LogP contribution in [0.2, 0.25) is 5.02 Å². The quantitative estimate of drug-likeness (QED) is 0.513. The molecule has 0 spiro atoms. The van der Waals surface area contributed by atoms with Crippen molar-refractivity contribution in [3.05, 3.63) is 99.8 Å². The summed E-state index contributed by atoms with van der Waals surface area (Å²) in [5, 5.41) is 4.56. The number of rotatable bonds is 4. The molecule has 3 aromatic carbocycles. The Morgan fingerprint density at radius 1 is 1.04 bits per heavy atom. The lowest BCUT2D eigenvalue weighted by atomic mass is 10.1. The monoisotopic (exact) mass is 393 g/mol. The maximum atomic E-state index is 13.6. The fraction of sp³-hybridized carbons (Fsp3) is 0.0909. The van der Waals surface area contributed by atoms with E-state index in [-0.39, 0.29) is 11.7 Å². The second kappa shape index (κ2) is 7.82. The van der Waals surface area contributed by atoms with Crippen LogP contribution >= 0.6 is 11.6 Å². The fourth-order valence-electron chi connectivity index (χ4n) is 3.18. The van der Waals surface area contributed by atoms with Crippen LogP contribution in [0.5, 0.6) is 0 Å². The minimum absolute atomic E-state index is 0.315. The second-order valence-corrected chi connectivity index (χ2v) is 6.97. The first-order chi connectivity index (χ1) is 13.6. The van der Waals surface area contributed by atoms with Crippen molar-refractivity contribution in [2.24, 2.45) is 5.10 Å². The molecular formula is C22H17ClFN3O. The molecule has 4 nitrogen and oxygen atoms in total. The largest absolute Gasteiger partial charge is 0.363 e. The van der Waals surface area contributed by atoms with Gasteiger partial charge in [0.1, 0.15) is 5.82 Å². The molecule has 6 heteroatoms. The third kappa shape index (κ3) is 3.89. The lowest BCUT2D eigenvalue weighted by Crippen LogP contribution is -2.18. The van der Waals surface area contributed by atoms with Gasteiger partial charge in [0, 0.05) is 34.9 Å². The van der Waals surface area contributed by atoms with E-state index in [1.807, 2.05) is 36.4 Å². The van der Waals surface area contributed by atoms with Gasteiger partial charge in [-0.15, -0.1) is 0 Å². The van der Waals surface area contributed by atoms with Crippen molar-refractivity contribution in [1.29, 1.82) is 0 Å². The van der Waals surface area contributed by atoms with Crippen molar-refractivity contribution in [1.82, 2.24) is 5.43 Å². The average Bonchev–Trinajstić information content (AvgIpc) is 3.13. The highest BCUT2D eigenvalue weighted by Crippen LogP contribution is 2.29. The van der Waals surface area contributed by atoms with Crippen LogP contribution in [0.25, 0.3) is 0 Å². The number of carbonyl (C=O) groups excluding carboxylic acids is 1. The Balaban J connectivity index is 1.44. The molecule has 3 aromatic rings. The summed E-state index contributed by atoms with van der Waals surface area (Å²) >= 11 is 5.96. The minimum Gasteiger partial charge on any atom is -0.363 e. The van der Waals surface area contributed by atoms with Gasteiger partial charge in [-0.05, 0) is 53.6 Å². The Labute approximate surface area is 167 Å². The number of fused-ring (bicyclic) bond motifs is 1. The first-order valence-electron chi connectivity index (χ1n) is 8.80. The van der Waals surface area contributed by atoms with E-state index in [1.165, 1.54) is 17.8 Å². The van der Waals surface area contributed by atoms with Crippen molar-refractivity contribution >= 4 is 29.4 Å². The predicted octanol–water partition coefficient (Wildman–Crippen LogP) is 4.76. The number of hydrogen-bond donors (Lipinski definition) is 1. The van der Waals surface area contributed by atoms with Crippen molar-refractivity contribution in [2.75, 3.05) is 4.90 Å². The summed E-state index contributed by atoms with van der Waals surface area (Å²) in [4.78, 5) is 14.6. The SMILES string of the molecule is O=C(N/N=C/c1ccccc1F)c1ccc2c(c1)CN(c1ccc(Cl)cc1)C2. The van der Waals surface area contributed by atoms with Crippen molar-refractivity contribution in [2.45, 2.75) is 13.1 Å². The maximum absolute atomic E-state index is 13.6. The first kappa shape index (κ1) is 18.2. The molecule has 1 N–H and O–H groups in total. The van der Waals surface area contributed by atoms with Crippen molar-refractivity contribution in [3.8, 4) is 0 Å². The van der Waals surface area contributed by atoms with Crippen LogP contribution < -0.4 is 10.3 Å². The second-order valence-electron chi connectivity index (χ2n) is 6.54. The van der Waals surface area contributed by atoms with E-state index in [4.69, 9.17) is 11.6 Å². The minimum atomic E-state index is -0.389. The standard InChI is InChI=1S/C22H17ClFN3O/c23-19-7-9-20(10-8-19)27-13-17-6-5-15(11-18(17)14-27)22(28)26-25-12-16-3-1-2-4-21(16)24/h1-12H,13-14H2,(H,26,28)/b25-12+. The normalized spacial score (nSPS) is 13.0. The number of benzene rings is 3. The van der Waals surface area contributed by atoms with Crippen LogP contribution in [0.1, 0.15) is 27.0 Å². The smallest absolute Gasteiger partial charge is 0.271 e. The highest BCUT2D eigenvalue weighted by Gasteiger charge is 2.20. The number of carbonyl (C=O) groups is 1. The van der Waals surface area contributed by atoms with E-state index in [2.05, 4.69) is 15.4 Å². The Morgan fingerprint density at radius 3 is 2.57 bits per heavy atom. The summed E-state index contributed by atoms with van der Waals surface area (Å²) in [5.41, 5.74) is 6.65. The Bertz CT molecular complexity index is 1050. The number of hydrogen-bond acceptors (Lipinski definition) is 3. The zero-order valence-electron chi connectivity index (χ0n) is 14.9. The molecule has 1 amide bonds. The van der Waals surface area contributed by atoms with E-state index >= 15 is 0 Å². The lowest BCUT2D eigenvalue weighted by molar-refractivity contribution is 0.0955. The predicted molar refractivity (Wildman–Crippen MR) is 109 cm³/mol. The van der Waals surface area contributed by atoms with Crippen molar-refractivity contribution < 1.29 is 9.18 Å². The van der Waals surface area contributed by atoms with Crippen LogP contribution in [0.4, 0.5) is 10.1 Å². The zero-order valence-corrected chi connectivity index (χ0v) is 15.7. The van der Waals surface area contributed by atoms with E-state index in [9.17, 15) is 9.18 Å². The first-order valence-corrected chi connectivity index (χ1v) is 9.18. The Morgan fingerprint density at radius 2 is 1.79 bits per heavy atom. The molecule has 0 fully saturated rings. The molecule has 140 valence electrons. The van der Waals surface area contributed by atoms with Crippen LogP contribution in [-0.4, -0.2) is 12.1 Å². The number of nitrogens with one attached hydrogen (secondary N) is 1. The summed E-state index contributed by atoms with van der Waals surface area (Å²) in [7, 11) is 0. The molecule has 0 unspecified atom stereocenters. The molecule has 0 atom stereocenters. The highest BCUT2D eigenvalue weighted by molar-refractivity contribution is 6.30. The molecule has 1 heterocycles. The van der Waals surface area contributed by atoms with Crippen LogP contribution in [0, 0.1) is 5.82 Å². The summed E-state index contributed by atoms with van der Waals surface area (Å²) in [5.74, 6) is -0.722. The average molecular weight is 394 g/mol. The number of halogens is 2. The molecule has 0 saturated heterocycles. The molecule has 0 bridgehead atoms. The summed E-state index contributed by atoms with van der Waals surface area (Å²) < 4.78 is 13.6. The van der Waals surface area contributed by atoms with E-state index in [0.717, 1.165) is 24.3 Å². The highest BCUT2D eigenvalue weighted by atomic mass is 35.5. The van der Waals surface area contributed by atoms with Gasteiger partial charge in [-0.3, -0.25) is 4.79 Å². The van der Waals surface area contributed by atoms with Gasteiger partial charge >= 0.3 is 0 Å². The van der Waals surface area contributed by atoms with Gasteiger partial charge in [0.05, 0.1) is 6.21 Å². The van der Waals surface area contributed by atoms with E-state index in [0.29, 0.717) is 16.1 Å². The van der Waals surface area contributed by atoms with Crippen LogP contribution in [0.3, 0.4) is 0 Å². The van der Waals surface area contributed by atoms with Gasteiger partial charge in [-0.1, -0.05) is 35.9 Å². The van der Waals surface area contributed by atoms with E-state index < -0.39 is 0 Å². The number of hydrazone groups is 1. The number of amides is 1. The van der Waals surface area contributed by atoms with Gasteiger partial charge in [0.2, 0.25) is 0 Å². The molecule has 1 aliphatic heterocycles. The number of anilines is 1. The zero-order chi connectivity index (χ0) is 19.5. The van der Waals surface area contributed by atoms with Gasteiger partial charge in [0.25, 0.3) is 5.91 Å². The summed E-state index contributed by atoms with van der Waals surface area (Å²) in [6.07, 6.45) is 1.29.